The number of thiocarbonyl (C=S) groups is 1. The molecule has 0 bridgehead atoms. The van der Waals surface area contributed by atoms with Gasteiger partial charge < -0.3 is 10.6 Å². The van der Waals surface area contributed by atoms with E-state index in [1.807, 2.05) is 32.9 Å². The zero-order chi connectivity index (χ0) is 14.8. The predicted octanol–water partition coefficient (Wildman–Crippen LogP) is 2.97. The molecule has 1 aromatic carbocycles. The van der Waals surface area contributed by atoms with Crippen LogP contribution < -0.4 is 10.6 Å². The largest absolute Gasteiger partial charge is 0.392 e. The summed E-state index contributed by atoms with van der Waals surface area (Å²) < 4.78 is 0. The average molecular weight is 278 g/mol. The highest BCUT2D eigenvalue weighted by Gasteiger charge is 2.37. The van der Waals surface area contributed by atoms with E-state index in [1.54, 1.807) is 18.9 Å². The van der Waals surface area contributed by atoms with E-state index in [0.29, 0.717) is 6.42 Å². The number of hydrogen-bond acceptors (Lipinski definition) is 2. The summed E-state index contributed by atoms with van der Waals surface area (Å²) in [6.45, 7) is 7.75. The third kappa shape index (κ3) is 2.95. The molecule has 0 fully saturated rings. The van der Waals surface area contributed by atoms with Gasteiger partial charge in [-0.2, -0.15) is 0 Å². The molecular weight excluding hydrogens is 256 g/mol. The van der Waals surface area contributed by atoms with E-state index in [4.69, 9.17) is 18.0 Å². The van der Waals surface area contributed by atoms with Gasteiger partial charge in [0.15, 0.2) is 0 Å². The van der Waals surface area contributed by atoms with E-state index < -0.39 is 5.41 Å². The molecular formula is C15H22N2OS. The third-order valence-electron chi connectivity index (χ3n) is 3.74. The normalized spacial score (nSPS) is 13.7. The highest BCUT2D eigenvalue weighted by molar-refractivity contribution is 7.80. The number of amides is 1. The quantitative estimate of drug-likeness (QED) is 0.861. The molecule has 0 radical (unpaired) electrons. The fraction of sp³-hybridized carbons (Fsp3) is 0.467. The summed E-state index contributed by atoms with van der Waals surface area (Å²) in [5.74, 6) is -0.0607. The second-order valence-corrected chi connectivity index (χ2v) is 5.64. The van der Waals surface area contributed by atoms with Crippen molar-refractivity contribution in [2.75, 3.05) is 11.9 Å². The maximum absolute atomic E-state index is 12.6. The lowest BCUT2D eigenvalue weighted by Gasteiger charge is -2.31. The first-order chi connectivity index (χ1) is 8.74. The molecule has 1 aromatic rings. The average Bonchev–Trinajstić information content (AvgIpc) is 2.35. The number of aryl methyl sites for hydroxylation is 2. The lowest BCUT2D eigenvalue weighted by atomic mass is 9.85. The smallest absolute Gasteiger partial charge is 0.239 e. The first-order valence-electron chi connectivity index (χ1n) is 6.39. The Morgan fingerprint density at radius 2 is 2.00 bits per heavy atom. The summed E-state index contributed by atoms with van der Waals surface area (Å²) in [6, 6.07) is 6.01. The second-order valence-electron chi connectivity index (χ2n) is 5.20. The minimum absolute atomic E-state index is 0.0607. The molecule has 0 saturated heterocycles. The van der Waals surface area contributed by atoms with Gasteiger partial charge in [-0.05, 0) is 38.8 Å². The van der Waals surface area contributed by atoms with Crippen LogP contribution in [-0.4, -0.2) is 17.9 Å². The summed E-state index contributed by atoms with van der Waals surface area (Å²) >= 11 is 5.06. The van der Waals surface area contributed by atoms with Crippen LogP contribution in [0.5, 0.6) is 0 Å². The zero-order valence-electron chi connectivity index (χ0n) is 12.3. The lowest BCUT2D eigenvalue weighted by Crippen LogP contribution is -2.47. The molecule has 19 heavy (non-hydrogen) atoms. The Bertz CT molecular complexity index is 513. The number of rotatable bonds is 4. The highest BCUT2D eigenvalue weighted by atomic mass is 32.1. The van der Waals surface area contributed by atoms with E-state index >= 15 is 0 Å². The van der Waals surface area contributed by atoms with Crippen LogP contribution in [0.15, 0.2) is 18.2 Å². The van der Waals surface area contributed by atoms with Crippen molar-refractivity contribution in [2.24, 2.45) is 11.1 Å². The molecule has 104 valence electrons. The monoisotopic (exact) mass is 278 g/mol. The van der Waals surface area contributed by atoms with E-state index in [-0.39, 0.29) is 10.9 Å². The number of hydrogen-bond donors (Lipinski definition) is 1. The van der Waals surface area contributed by atoms with Gasteiger partial charge in [0, 0.05) is 12.7 Å². The topological polar surface area (TPSA) is 46.3 Å². The molecule has 0 heterocycles. The Balaban J connectivity index is 3.15. The molecule has 1 atom stereocenters. The van der Waals surface area contributed by atoms with Crippen LogP contribution in [0.4, 0.5) is 5.69 Å². The molecule has 1 rings (SSSR count). The zero-order valence-corrected chi connectivity index (χ0v) is 13.1. The summed E-state index contributed by atoms with van der Waals surface area (Å²) in [5.41, 5.74) is 8.09. The van der Waals surface area contributed by atoms with E-state index in [0.717, 1.165) is 11.3 Å². The Kier molecular flexibility index (Phi) is 4.69. The van der Waals surface area contributed by atoms with Crippen LogP contribution in [0, 0.1) is 19.3 Å². The molecule has 3 nitrogen and oxygen atoms in total. The molecule has 0 aromatic heterocycles. The van der Waals surface area contributed by atoms with Gasteiger partial charge in [-0.1, -0.05) is 36.8 Å². The molecule has 0 aliphatic carbocycles. The van der Waals surface area contributed by atoms with E-state index in [1.165, 1.54) is 5.56 Å². The first kappa shape index (κ1) is 15.6. The molecule has 0 saturated carbocycles. The SMILES string of the molecule is CCC(C)(C(=O)N(C)c1ccc(C)cc1C)C(N)=S. The van der Waals surface area contributed by atoms with Crippen molar-refractivity contribution in [1.82, 2.24) is 0 Å². The van der Waals surface area contributed by atoms with Crippen LogP contribution >= 0.6 is 12.2 Å². The van der Waals surface area contributed by atoms with Crippen molar-refractivity contribution < 1.29 is 4.79 Å². The van der Waals surface area contributed by atoms with Crippen molar-refractivity contribution in [3.63, 3.8) is 0 Å². The first-order valence-corrected chi connectivity index (χ1v) is 6.80. The molecule has 4 heteroatoms. The fourth-order valence-electron chi connectivity index (χ4n) is 2.09. The van der Waals surface area contributed by atoms with Gasteiger partial charge in [0.25, 0.3) is 0 Å². The Morgan fingerprint density at radius 1 is 1.42 bits per heavy atom. The van der Waals surface area contributed by atoms with Crippen LogP contribution in [0.25, 0.3) is 0 Å². The van der Waals surface area contributed by atoms with Crippen molar-refractivity contribution in [3.8, 4) is 0 Å². The second kappa shape index (κ2) is 5.70. The van der Waals surface area contributed by atoms with Crippen molar-refractivity contribution >= 4 is 28.8 Å². The number of carbonyl (C=O) groups is 1. The lowest BCUT2D eigenvalue weighted by molar-refractivity contribution is -0.124. The van der Waals surface area contributed by atoms with Gasteiger partial charge in [0.2, 0.25) is 5.91 Å². The Hall–Kier alpha value is -1.42. The minimum atomic E-state index is -0.790. The summed E-state index contributed by atoms with van der Waals surface area (Å²) in [6.07, 6.45) is 0.594. The molecule has 0 aliphatic rings. The number of benzene rings is 1. The van der Waals surface area contributed by atoms with Crippen LogP contribution in [-0.2, 0) is 4.79 Å². The van der Waals surface area contributed by atoms with Gasteiger partial charge in [-0.3, -0.25) is 4.79 Å². The number of carbonyl (C=O) groups excluding carboxylic acids is 1. The molecule has 2 N–H and O–H groups in total. The van der Waals surface area contributed by atoms with Crippen LogP contribution in [0.1, 0.15) is 31.4 Å². The molecule has 1 amide bonds. The minimum Gasteiger partial charge on any atom is -0.392 e. The highest BCUT2D eigenvalue weighted by Crippen LogP contribution is 2.29. The maximum atomic E-state index is 12.6. The number of anilines is 1. The van der Waals surface area contributed by atoms with Crippen LogP contribution in [0.3, 0.4) is 0 Å². The van der Waals surface area contributed by atoms with Gasteiger partial charge in [0.05, 0.1) is 10.4 Å². The van der Waals surface area contributed by atoms with Gasteiger partial charge in [-0.15, -0.1) is 0 Å². The molecule has 1 unspecified atom stereocenters. The van der Waals surface area contributed by atoms with Crippen molar-refractivity contribution in [1.29, 1.82) is 0 Å². The standard InChI is InChI=1S/C15H22N2OS/c1-6-15(4,13(16)19)14(18)17(5)12-8-7-10(2)9-11(12)3/h7-9H,6H2,1-5H3,(H2,16,19). The number of nitrogens with zero attached hydrogens (tertiary/aromatic N) is 1. The predicted molar refractivity (Wildman–Crippen MR) is 84.5 cm³/mol. The Labute approximate surface area is 120 Å². The van der Waals surface area contributed by atoms with Gasteiger partial charge in [0.1, 0.15) is 0 Å². The number of nitrogens with two attached hydrogens (primary N) is 1. The fourth-order valence-corrected chi connectivity index (χ4v) is 2.32. The summed E-state index contributed by atoms with van der Waals surface area (Å²) in [7, 11) is 1.77. The molecule has 0 spiro atoms. The Morgan fingerprint density at radius 3 is 2.42 bits per heavy atom. The van der Waals surface area contributed by atoms with Crippen LogP contribution in [0.2, 0.25) is 0 Å². The van der Waals surface area contributed by atoms with Crippen molar-refractivity contribution in [3.05, 3.63) is 29.3 Å². The summed E-state index contributed by atoms with van der Waals surface area (Å²) in [5, 5.41) is 0. The van der Waals surface area contributed by atoms with E-state index in [9.17, 15) is 4.79 Å². The maximum Gasteiger partial charge on any atom is 0.239 e. The summed E-state index contributed by atoms with van der Waals surface area (Å²) in [4.78, 5) is 14.5. The van der Waals surface area contributed by atoms with Gasteiger partial charge >= 0.3 is 0 Å². The third-order valence-corrected chi connectivity index (χ3v) is 4.19. The van der Waals surface area contributed by atoms with Gasteiger partial charge in [-0.25, -0.2) is 0 Å². The van der Waals surface area contributed by atoms with Crippen molar-refractivity contribution in [2.45, 2.75) is 34.1 Å². The molecule has 0 aliphatic heterocycles. The van der Waals surface area contributed by atoms with E-state index in [2.05, 4.69) is 6.07 Å².